The number of rotatable bonds is 4. The molecule has 0 spiro atoms. The first-order chi connectivity index (χ1) is 10.9. The van der Waals surface area contributed by atoms with Crippen LogP contribution in [0.3, 0.4) is 0 Å². The number of nitrogens with one attached hydrogen (secondary N) is 1. The second-order valence-corrected chi connectivity index (χ2v) is 7.37. The van der Waals surface area contributed by atoms with E-state index < -0.39 is 44.8 Å². The molecule has 1 N–H and O–H groups in total. The lowest BCUT2D eigenvalue weighted by molar-refractivity contribution is -0.142. The summed E-state index contributed by atoms with van der Waals surface area (Å²) in [5, 5.41) is -0.103. The normalized spacial score (nSPS) is 20.8. The standard InChI is InChI=1S/C14H13ClFNO6S/c1-7(18)22-11-12(19)14(2,23-13(11)17-24(3,20)21)9-5-4-8(16)6-10(9)15/h4-6,17H,1-3H3. The molecule has 130 valence electrons. The molecular formula is C14H13ClFNO6S. The maximum Gasteiger partial charge on any atom is 0.308 e. The second kappa shape index (κ2) is 6.06. The molecule has 0 fully saturated rings. The van der Waals surface area contributed by atoms with Crippen LogP contribution in [0.2, 0.25) is 5.02 Å². The molecule has 0 radical (unpaired) electrons. The molecule has 10 heteroatoms. The van der Waals surface area contributed by atoms with Crippen molar-refractivity contribution in [2.24, 2.45) is 0 Å². The van der Waals surface area contributed by atoms with Crippen LogP contribution in [0.4, 0.5) is 4.39 Å². The molecule has 1 heterocycles. The number of ketones is 1. The largest absolute Gasteiger partial charge is 0.456 e. The van der Waals surface area contributed by atoms with Crippen LogP contribution in [-0.2, 0) is 34.7 Å². The monoisotopic (exact) mass is 377 g/mol. The van der Waals surface area contributed by atoms with E-state index in [-0.39, 0.29) is 10.6 Å². The fourth-order valence-corrected chi connectivity index (χ4v) is 2.96. The Labute approximate surface area is 142 Å². The Morgan fingerprint density at radius 3 is 2.54 bits per heavy atom. The van der Waals surface area contributed by atoms with Gasteiger partial charge in [-0.15, -0.1) is 0 Å². The van der Waals surface area contributed by atoms with Crippen LogP contribution in [0.25, 0.3) is 0 Å². The zero-order valence-electron chi connectivity index (χ0n) is 12.8. The van der Waals surface area contributed by atoms with Crippen molar-refractivity contribution >= 4 is 33.4 Å². The van der Waals surface area contributed by atoms with Gasteiger partial charge in [0.25, 0.3) is 5.78 Å². The highest BCUT2D eigenvalue weighted by Crippen LogP contribution is 2.41. The van der Waals surface area contributed by atoms with Gasteiger partial charge >= 0.3 is 5.97 Å². The van der Waals surface area contributed by atoms with E-state index in [0.29, 0.717) is 0 Å². The summed E-state index contributed by atoms with van der Waals surface area (Å²) in [6.07, 6.45) is 0.833. The summed E-state index contributed by atoms with van der Waals surface area (Å²) in [5.74, 6) is -3.45. The van der Waals surface area contributed by atoms with Gasteiger partial charge in [-0.1, -0.05) is 17.7 Å². The third-order valence-corrected chi connectivity index (χ3v) is 3.99. The predicted octanol–water partition coefficient (Wildman–Crippen LogP) is 1.58. The molecule has 0 bridgehead atoms. The number of carbonyl (C=O) groups excluding carboxylic acids is 2. The Kier molecular flexibility index (Phi) is 4.60. The molecule has 0 aliphatic carbocycles. The molecule has 7 nitrogen and oxygen atoms in total. The third-order valence-electron chi connectivity index (χ3n) is 3.12. The third kappa shape index (κ3) is 3.51. The number of Topliss-reactive ketones (excluding diaryl/α,β-unsaturated/α-hetero) is 1. The number of carbonyl (C=O) groups is 2. The van der Waals surface area contributed by atoms with E-state index in [1.807, 2.05) is 4.72 Å². The molecule has 0 saturated carbocycles. The zero-order chi connectivity index (χ0) is 18.3. The van der Waals surface area contributed by atoms with Crippen LogP contribution in [0.5, 0.6) is 0 Å². The average molecular weight is 378 g/mol. The average Bonchev–Trinajstić information content (AvgIpc) is 2.61. The van der Waals surface area contributed by atoms with E-state index in [1.165, 1.54) is 13.0 Å². The van der Waals surface area contributed by atoms with Gasteiger partial charge in [-0.25, -0.2) is 12.8 Å². The van der Waals surface area contributed by atoms with Gasteiger partial charge in [0.2, 0.25) is 27.3 Å². The number of halogens is 2. The molecule has 1 aromatic rings. The Bertz CT molecular complexity index is 866. The molecule has 0 aromatic heterocycles. The lowest BCUT2D eigenvalue weighted by atomic mass is 9.91. The van der Waals surface area contributed by atoms with Crippen molar-refractivity contribution < 1.29 is 31.9 Å². The maximum absolute atomic E-state index is 13.2. The fraction of sp³-hybridized carbons (Fsp3) is 0.286. The molecule has 0 saturated heterocycles. The van der Waals surface area contributed by atoms with E-state index in [1.54, 1.807) is 0 Å². The van der Waals surface area contributed by atoms with Gasteiger partial charge in [0.05, 0.1) is 11.3 Å². The summed E-state index contributed by atoms with van der Waals surface area (Å²) in [6.45, 7) is 2.34. The van der Waals surface area contributed by atoms with Gasteiger partial charge < -0.3 is 9.47 Å². The van der Waals surface area contributed by atoms with E-state index in [0.717, 1.165) is 25.3 Å². The summed E-state index contributed by atoms with van der Waals surface area (Å²) >= 11 is 5.96. The minimum Gasteiger partial charge on any atom is -0.456 e. The van der Waals surface area contributed by atoms with Crippen LogP contribution in [0, 0.1) is 5.82 Å². The van der Waals surface area contributed by atoms with Gasteiger partial charge in [-0.2, -0.15) is 0 Å². The van der Waals surface area contributed by atoms with Crippen molar-refractivity contribution in [1.82, 2.24) is 4.72 Å². The number of esters is 1. The van der Waals surface area contributed by atoms with Gasteiger partial charge in [-0.3, -0.25) is 14.3 Å². The summed E-state index contributed by atoms with van der Waals surface area (Å²) < 4.78 is 48.3. The molecule has 0 amide bonds. The predicted molar refractivity (Wildman–Crippen MR) is 81.6 cm³/mol. The summed E-state index contributed by atoms with van der Waals surface area (Å²) in [6, 6.07) is 3.27. The molecule has 1 aromatic carbocycles. The van der Waals surface area contributed by atoms with Crippen molar-refractivity contribution in [2.45, 2.75) is 19.4 Å². The Morgan fingerprint density at radius 2 is 2.04 bits per heavy atom. The van der Waals surface area contributed by atoms with Crippen LogP contribution in [0.15, 0.2) is 29.8 Å². The van der Waals surface area contributed by atoms with Crippen molar-refractivity contribution in [3.8, 4) is 0 Å². The summed E-state index contributed by atoms with van der Waals surface area (Å²) in [5.41, 5.74) is -1.70. The highest BCUT2D eigenvalue weighted by molar-refractivity contribution is 7.88. The minimum absolute atomic E-state index is 0.0884. The first-order valence-electron chi connectivity index (χ1n) is 6.54. The second-order valence-electron chi connectivity index (χ2n) is 5.21. The molecular weight excluding hydrogens is 365 g/mol. The van der Waals surface area contributed by atoms with Crippen molar-refractivity contribution in [3.63, 3.8) is 0 Å². The van der Waals surface area contributed by atoms with Crippen molar-refractivity contribution in [2.75, 3.05) is 6.26 Å². The smallest absolute Gasteiger partial charge is 0.308 e. The van der Waals surface area contributed by atoms with Gasteiger partial charge in [0.15, 0.2) is 0 Å². The van der Waals surface area contributed by atoms with Crippen LogP contribution in [0.1, 0.15) is 19.4 Å². The highest BCUT2D eigenvalue weighted by atomic mass is 35.5. The number of sulfonamides is 1. The minimum atomic E-state index is -3.82. The van der Waals surface area contributed by atoms with Crippen LogP contribution < -0.4 is 4.72 Å². The SMILES string of the molecule is CC(=O)OC1=C(NS(C)(=O)=O)OC(C)(c2ccc(F)cc2Cl)C1=O. The zero-order valence-corrected chi connectivity index (χ0v) is 14.4. The summed E-state index contributed by atoms with van der Waals surface area (Å²) in [4.78, 5) is 23.8. The molecule has 1 unspecified atom stereocenters. The van der Waals surface area contributed by atoms with E-state index >= 15 is 0 Å². The first-order valence-corrected chi connectivity index (χ1v) is 8.81. The topological polar surface area (TPSA) is 98.8 Å². The van der Waals surface area contributed by atoms with Gasteiger partial charge in [0, 0.05) is 12.5 Å². The Morgan fingerprint density at radius 1 is 1.42 bits per heavy atom. The fourth-order valence-electron chi connectivity index (χ4n) is 2.14. The quantitative estimate of drug-likeness (QED) is 0.800. The highest BCUT2D eigenvalue weighted by Gasteiger charge is 2.51. The molecule has 1 atom stereocenters. The van der Waals surface area contributed by atoms with Crippen LogP contribution in [-0.4, -0.2) is 26.4 Å². The summed E-state index contributed by atoms with van der Waals surface area (Å²) in [7, 11) is -3.82. The number of benzene rings is 1. The molecule has 1 aliphatic heterocycles. The van der Waals surface area contributed by atoms with Crippen LogP contribution >= 0.6 is 11.6 Å². The first kappa shape index (κ1) is 18.2. The lowest BCUT2D eigenvalue weighted by Crippen LogP contribution is -2.33. The van der Waals surface area contributed by atoms with Crippen molar-refractivity contribution in [1.29, 1.82) is 0 Å². The lowest BCUT2D eigenvalue weighted by Gasteiger charge is -2.24. The molecule has 24 heavy (non-hydrogen) atoms. The van der Waals surface area contributed by atoms with Crippen molar-refractivity contribution in [3.05, 3.63) is 46.2 Å². The Hall–Kier alpha value is -2.13. The van der Waals surface area contributed by atoms with Gasteiger partial charge in [0.1, 0.15) is 5.82 Å². The number of ether oxygens (including phenoxy) is 2. The number of hydrogen-bond acceptors (Lipinski definition) is 6. The van der Waals surface area contributed by atoms with E-state index in [4.69, 9.17) is 21.1 Å². The maximum atomic E-state index is 13.2. The van der Waals surface area contributed by atoms with Gasteiger partial charge in [-0.05, 0) is 19.1 Å². The van der Waals surface area contributed by atoms with E-state index in [2.05, 4.69) is 0 Å². The molecule has 1 aliphatic rings. The molecule has 2 rings (SSSR count). The van der Waals surface area contributed by atoms with E-state index in [9.17, 15) is 22.4 Å². The Balaban J connectivity index is 2.53. The number of hydrogen-bond donors (Lipinski definition) is 1.